The summed E-state index contributed by atoms with van der Waals surface area (Å²) in [5.41, 5.74) is 1.59. The molecule has 0 saturated heterocycles. The zero-order valence-electron chi connectivity index (χ0n) is 7.71. The summed E-state index contributed by atoms with van der Waals surface area (Å²) in [6.07, 6.45) is 1.37. The van der Waals surface area contributed by atoms with Crippen molar-refractivity contribution in [1.29, 1.82) is 0 Å². The van der Waals surface area contributed by atoms with Gasteiger partial charge in [0.05, 0.1) is 0 Å². The highest BCUT2D eigenvalue weighted by Crippen LogP contribution is 2.69. The summed E-state index contributed by atoms with van der Waals surface area (Å²) in [5, 5.41) is 3.31. The number of rotatable bonds is 2. The average molecular weight is 191 g/mol. The number of hydrogen-bond donors (Lipinski definition) is 1. The molecular formula is C11H13NS. The molecule has 68 valence electrons. The normalized spacial score (nSPS) is 34.1. The van der Waals surface area contributed by atoms with Crippen molar-refractivity contribution >= 4 is 11.8 Å². The molecule has 0 aromatic heterocycles. The molecule has 1 N–H and O–H groups in total. The van der Waals surface area contributed by atoms with Crippen molar-refractivity contribution in [1.82, 2.24) is 5.32 Å². The Morgan fingerprint density at radius 3 is 3.15 bits per heavy atom. The molecule has 1 aromatic rings. The molecule has 2 aliphatic rings. The molecule has 0 bridgehead atoms. The highest BCUT2D eigenvalue weighted by molar-refractivity contribution is 8.01. The summed E-state index contributed by atoms with van der Waals surface area (Å²) >= 11 is 2.07. The fraction of sp³-hybridized carbons (Fsp3) is 0.455. The number of hydrogen-bond acceptors (Lipinski definition) is 2. The lowest BCUT2D eigenvalue weighted by Crippen LogP contribution is -2.22. The first-order valence-electron chi connectivity index (χ1n) is 4.78. The molecule has 0 amide bonds. The minimum atomic E-state index is 0.526. The first kappa shape index (κ1) is 7.89. The molecule has 2 atom stereocenters. The van der Waals surface area contributed by atoms with Gasteiger partial charge in [-0.15, -0.1) is 11.8 Å². The van der Waals surface area contributed by atoms with E-state index in [4.69, 9.17) is 0 Å². The first-order chi connectivity index (χ1) is 6.36. The van der Waals surface area contributed by atoms with Crippen molar-refractivity contribution in [3.05, 3.63) is 29.8 Å². The van der Waals surface area contributed by atoms with Gasteiger partial charge < -0.3 is 5.32 Å². The van der Waals surface area contributed by atoms with E-state index in [1.54, 1.807) is 5.56 Å². The number of benzene rings is 1. The Morgan fingerprint density at radius 1 is 1.54 bits per heavy atom. The Bertz CT molecular complexity index is 350. The second kappa shape index (κ2) is 2.52. The van der Waals surface area contributed by atoms with Crippen molar-refractivity contribution in [2.45, 2.75) is 22.0 Å². The van der Waals surface area contributed by atoms with Crippen molar-refractivity contribution in [3.63, 3.8) is 0 Å². The number of nitrogens with one attached hydrogen (secondary N) is 1. The predicted molar refractivity (Wildman–Crippen MR) is 56.3 cm³/mol. The quantitative estimate of drug-likeness (QED) is 0.769. The van der Waals surface area contributed by atoms with E-state index in [1.165, 1.54) is 11.3 Å². The zero-order valence-corrected chi connectivity index (χ0v) is 8.53. The molecule has 2 unspecified atom stereocenters. The molecule has 2 heteroatoms. The van der Waals surface area contributed by atoms with E-state index in [2.05, 4.69) is 41.3 Å². The van der Waals surface area contributed by atoms with E-state index in [0.717, 1.165) is 12.5 Å². The van der Waals surface area contributed by atoms with Crippen LogP contribution in [0.2, 0.25) is 0 Å². The van der Waals surface area contributed by atoms with Crippen LogP contribution in [0.5, 0.6) is 0 Å². The standard InChI is InChI=1S/C11H13NS/c1-12-7-11-6-9(11)8-4-2-3-5-10(8)13-11/h2-5,9,12H,6-7H2,1H3. The lowest BCUT2D eigenvalue weighted by molar-refractivity contribution is 0.742. The van der Waals surface area contributed by atoms with Gasteiger partial charge in [0, 0.05) is 22.1 Å². The molecule has 1 saturated carbocycles. The molecule has 1 heterocycles. The topological polar surface area (TPSA) is 12.0 Å². The van der Waals surface area contributed by atoms with Crippen LogP contribution in [0.1, 0.15) is 17.9 Å². The van der Waals surface area contributed by atoms with Crippen LogP contribution < -0.4 is 5.32 Å². The number of fused-ring (bicyclic) bond motifs is 3. The molecule has 1 aliphatic carbocycles. The Hall–Kier alpha value is -0.470. The third kappa shape index (κ3) is 0.990. The molecular weight excluding hydrogens is 178 g/mol. The van der Waals surface area contributed by atoms with Crippen molar-refractivity contribution in [2.24, 2.45) is 0 Å². The van der Waals surface area contributed by atoms with Gasteiger partial charge in [0.1, 0.15) is 0 Å². The first-order valence-corrected chi connectivity index (χ1v) is 5.60. The molecule has 1 aliphatic heterocycles. The van der Waals surface area contributed by atoms with Gasteiger partial charge in [0.2, 0.25) is 0 Å². The van der Waals surface area contributed by atoms with Crippen LogP contribution in [0.3, 0.4) is 0 Å². The van der Waals surface area contributed by atoms with Crippen LogP contribution in [-0.4, -0.2) is 18.3 Å². The summed E-state index contributed by atoms with van der Waals surface area (Å²) in [5.74, 6) is 0.834. The lowest BCUT2D eigenvalue weighted by Gasteiger charge is -2.09. The maximum absolute atomic E-state index is 3.31. The van der Waals surface area contributed by atoms with E-state index in [-0.39, 0.29) is 0 Å². The minimum absolute atomic E-state index is 0.526. The van der Waals surface area contributed by atoms with Crippen molar-refractivity contribution < 1.29 is 0 Å². The molecule has 0 radical (unpaired) electrons. The van der Waals surface area contributed by atoms with Crippen LogP contribution >= 0.6 is 11.8 Å². The minimum Gasteiger partial charge on any atom is -0.318 e. The molecule has 1 aromatic carbocycles. The molecule has 0 spiro atoms. The van der Waals surface area contributed by atoms with Gasteiger partial charge in [-0.2, -0.15) is 0 Å². The van der Waals surface area contributed by atoms with Gasteiger partial charge in [-0.25, -0.2) is 0 Å². The van der Waals surface area contributed by atoms with E-state index in [9.17, 15) is 0 Å². The van der Waals surface area contributed by atoms with E-state index in [0.29, 0.717) is 4.75 Å². The van der Waals surface area contributed by atoms with E-state index in [1.807, 2.05) is 7.05 Å². The second-order valence-corrected chi connectivity index (χ2v) is 5.45. The Labute approximate surface area is 82.9 Å². The molecule has 13 heavy (non-hydrogen) atoms. The molecule has 1 fully saturated rings. The summed E-state index contributed by atoms with van der Waals surface area (Å²) in [6, 6.07) is 8.85. The fourth-order valence-electron chi connectivity index (χ4n) is 2.40. The van der Waals surface area contributed by atoms with Gasteiger partial charge in [-0.05, 0) is 25.1 Å². The monoisotopic (exact) mass is 191 g/mol. The lowest BCUT2D eigenvalue weighted by atomic mass is 10.1. The molecule has 3 rings (SSSR count). The largest absolute Gasteiger partial charge is 0.318 e. The van der Waals surface area contributed by atoms with Gasteiger partial charge in [-0.3, -0.25) is 0 Å². The smallest absolute Gasteiger partial charge is 0.0407 e. The second-order valence-electron chi connectivity index (χ2n) is 3.99. The third-order valence-corrected chi connectivity index (χ3v) is 4.70. The Balaban J connectivity index is 1.95. The van der Waals surface area contributed by atoms with Crippen LogP contribution in [0.25, 0.3) is 0 Å². The maximum Gasteiger partial charge on any atom is 0.0407 e. The van der Waals surface area contributed by atoms with Crippen LogP contribution in [0.4, 0.5) is 0 Å². The van der Waals surface area contributed by atoms with Gasteiger partial charge in [0.25, 0.3) is 0 Å². The highest BCUT2D eigenvalue weighted by Gasteiger charge is 2.59. The van der Waals surface area contributed by atoms with Crippen molar-refractivity contribution in [2.75, 3.05) is 13.6 Å². The van der Waals surface area contributed by atoms with E-state index >= 15 is 0 Å². The predicted octanol–water partition coefficient (Wildman–Crippen LogP) is 2.24. The number of thioether (sulfide) groups is 1. The summed E-state index contributed by atoms with van der Waals surface area (Å²) in [7, 11) is 2.05. The summed E-state index contributed by atoms with van der Waals surface area (Å²) < 4.78 is 0.526. The third-order valence-electron chi connectivity index (χ3n) is 3.11. The maximum atomic E-state index is 3.31. The van der Waals surface area contributed by atoms with Crippen LogP contribution in [0, 0.1) is 0 Å². The summed E-state index contributed by atoms with van der Waals surface area (Å²) in [6.45, 7) is 1.15. The highest BCUT2D eigenvalue weighted by atomic mass is 32.2. The fourth-order valence-corrected chi connectivity index (χ4v) is 4.05. The average Bonchev–Trinajstić information content (AvgIpc) is 2.74. The summed E-state index contributed by atoms with van der Waals surface area (Å²) in [4.78, 5) is 1.51. The SMILES string of the molecule is CNCC12CC1c1ccccc1S2. The Kier molecular flexibility index (Phi) is 1.53. The molecule has 1 nitrogen and oxygen atoms in total. The van der Waals surface area contributed by atoms with E-state index < -0.39 is 0 Å². The van der Waals surface area contributed by atoms with Gasteiger partial charge >= 0.3 is 0 Å². The Morgan fingerprint density at radius 2 is 2.38 bits per heavy atom. The van der Waals surface area contributed by atoms with Gasteiger partial charge in [-0.1, -0.05) is 18.2 Å². The van der Waals surface area contributed by atoms with Crippen molar-refractivity contribution in [3.8, 4) is 0 Å². The van der Waals surface area contributed by atoms with Crippen LogP contribution in [0.15, 0.2) is 29.2 Å². The zero-order chi connectivity index (χ0) is 8.89. The van der Waals surface area contributed by atoms with Crippen LogP contribution in [-0.2, 0) is 0 Å². The van der Waals surface area contributed by atoms with Gasteiger partial charge in [0.15, 0.2) is 0 Å².